The second-order valence-electron chi connectivity index (χ2n) is 5.10. The number of sulfonamides is 1. The van der Waals surface area contributed by atoms with Crippen molar-refractivity contribution in [3.05, 3.63) is 42.0 Å². The maximum absolute atomic E-state index is 12.4. The van der Waals surface area contributed by atoms with Crippen LogP contribution in [0.25, 0.3) is 0 Å². The summed E-state index contributed by atoms with van der Waals surface area (Å²) in [6.07, 6.45) is 4.91. The molecule has 0 bridgehead atoms. The van der Waals surface area contributed by atoms with Gasteiger partial charge in [-0.2, -0.15) is 0 Å². The van der Waals surface area contributed by atoms with Crippen LogP contribution in [-0.4, -0.2) is 27.5 Å². The number of nitrogens with one attached hydrogen (secondary N) is 1. The van der Waals surface area contributed by atoms with Gasteiger partial charge in [-0.25, -0.2) is 13.1 Å². The molecule has 0 saturated heterocycles. The van der Waals surface area contributed by atoms with Crippen LogP contribution in [0.1, 0.15) is 18.4 Å². The zero-order chi connectivity index (χ0) is 15.5. The van der Waals surface area contributed by atoms with E-state index in [2.05, 4.69) is 4.72 Å². The van der Waals surface area contributed by atoms with E-state index in [1.807, 2.05) is 13.0 Å². The van der Waals surface area contributed by atoms with Gasteiger partial charge in [0.25, 0.3) is 0 Å². The summed E-state index contributed by atoms with van der Waals surface area (Å²) >= 11 is 0. The molecular formula is C15H19NO4S. The number of esters is 1. The van der Waals surface area contributed by atoms with Crippen LogP contribution in [0.2, 0.25) is 0 Å². The summed E-state index contributed by atoms with van der Waals surface area (Å²) in [4.78, 5) is 11.9. The van der Waals surface area contributed by atoms with Gasteiger partial charge >= 0.3 is 5.97 Å². The molecule has 1 aromatic carbocycles. The van der Waals surface area contributed by atoms with Crippen LogP contribution in [-0.2, 0) is 19.6 Å². The largest absolute Gasteiger partial charge is 0.469 e. The predicted octanol–water partition coefficient (Wildman–Crippen LogP) is 1.78. The number of hydrogen-bond donors (Lipinski definition) is 1. The number of allylic oxidation sites excluding steroid dienone is 1. The molecule has 1 aliphatic rings. The van der Waals surface area contributed by atoms with Crippen molar-refractivity contribution in [2.75, 3.05) is 7.11 Å². The van der Waals surface area contributed by atoms with E-state index in [0.717, 1.165) is 12.0 Å². The summed E-state index contributed by atoms with van der Waals surface area (Å²) in [5.74, 6) is -0.879. The van der Waals surface area contributed by atoms with Crippen LogP contribution in [0.15, 0.2) is 41.3 Å². The van der Waals surface area contributed by atoms with Gasteiger partial charge < -0.3 is 4.74 Å². The second-order valence-corrected chi connectivity index (χ2v) is 6.81. The monoisotopic (exact) mass is 309 g/mol. The molecule has 0 fully saturated rings. The van der Waals surface area contributed by atoms with E-state index < -0.39 is 28.0 Å². The average Bonchev–Trinajstić information content (AvgIpc) is 2.47. The van der Waals surface area contributed by atoms with Crippen LogP contribution in [0.3, 0.4) is 0 Å². The van der Waals surface area contributed by atoms with Crippen LogP contribution in [0, 0.1) is 12.8 Å². The summed E-state index contributed by atoms with van der Waals surface area (Å²) in [5.41, 5.74) is 0.985. The lowest BCUT2D eigenvalue weighted by atomic mass is 9.90. The van der Waals surface area contributed by atoms with Crippen molar-refractivity contribution < 1.29 is 17.9 Å². The fraction of sp³-hybridized carbons (Fsp3) is 0.400. The maximum atomic E-state index is 12.4. The highest BCUT2D eigenvalue weighted by molar-refractivity contribution is 7.89. The maximum Gasteiger partial charge on any atom is 0.310 e. The molecule has 2 unspecified atom stereocenters. The minimum absolute atomic E-state index is 0.190. The van der Waals surface area contributed by atoms with E-state index in [0.29, 0.717) is 6.42 Å². The van der Waals surface area contributed by atoms with Crippen molar-refractivity contribution in [3.63, 3.8) is 0 Å². The summed E-state index contributed by atoms with van der Waals surface area (Å²) < 4.78 is 32.1. The van der Waals surface area contributed by atoms with E-state index in [9.17, 15) is 13.2 Å². The van der Waals surface area contributed by atoms with Gasteiger partial charge in [0.1, 0.15) is 0 Å². The third kappa shape index (κ3) is 3.71. The summed E-state index contributed by atoms with van der Waals surface area (Å²) in [7, 11) is -2.35. The topological polar surface area (TPSA) is 72.5 Å². The third-order valence-electron chi connectivity index (χ3n) is 3.55. The van der Waals surface area contributed by atoms with Gasteiger partial charge in [0.05, 0.1) is 24.0 Å². The van der Waals surface area contributed by atoms with Gasteiger partial charge in [-0.1, -0.05) is 29.8 Å². The van der Waals surface area contributed by atoms with Crippen molar-refractivity contribution in [2.45, 2.75) is 30.7 Å². The standard InChI is InChI=1S/C15H19NO4S/c1-11-7-9-12(10-8-11)21(18,19)16-14-6-4-3-5-13(14)15(17)20-2/h4,6-10,13-14,16H,3,5H2,1-2H3. The van der Waals surface area contributed by atoms with Crippen LogP contribution < -0.4 is 4.72 Å². The van der Waals surface area contributed by atoms with E-state index in [1.54, 1.807) is 30.3 Å². The van der Waals surface area contributed by atoms with Crippen LogP contribution >= 0.6 is 0 Å². The SMILES string of the molecule is COC(=O)C1CCC=CC1NS(=O)(=O)c1ccc(C)cc1. The van der Waals surface area contributed by atoms with E-state index in [1.165, 1.54) is 7.11 Å². The molecule has 6 heteroatoms. The van der Waals surface area contributed by atoms with E-state index >= 15 is 0 Å². The number of hydrogen-bond acceptors (Lipinski definition) is 4. The first kappa shape index (κ1) is 15.7. The number of rotatable bonds is 4. The smallest absolute Gasteiger partial charge is 0.310 e. The molecule has 114 valence electrons. The first-order valence-corrected chi connectivity index (χ1v) is 8.26. The Morgan fingerprint density at radius 2 is 1.95 bits per heavy atom. The average molecular weight is 309 g/mol. The van der Waals surface area contributed by atoms with Crippen molar-refractivity contribution in [1.29, 1.82) is 0 Å². The van der Waals surface area contributed by atoms with Crippen molar-refractivity contribution in [2.24, 2.45) is 5.92 Å². The van der Waals surface area contributed by atoms with Gasteiger partial charge in [-0.05, 0) is 31.9 Å². The number of benzene rings is 1. The number of carbonyl (C=O) groups is 1. The summed E-state index contributed by atoms with van der Waals surface area (Å²) in [5, 5.41) is 0. The Morgan fingerprint density at radius 3 is 2.57 bits per heavy atom. The van der Waals surface area contributed by atoms with Gasteiger partial charge in [0.2, 0.25) is 10.0 Å². The molecule has 1 aliphatic carbocycles. The Hall–Kier alpha value is -1.66. The number of methoxy groups -OCH3 is 1. The highest BCUT2D eigenvalue weighted by atomic mass is 32.2. The molecule has 0 heterocycles. The minimum Gasteiger partial charge on any atom is -0.469 e. The first-order valence-electron chi connectivity index (χ1n) is 6.77. The van der Waals surface area contributed by atoms with Crippen molar-refractivity contribution in [1.82, 2.24) is 4.72 Å². The number of ether oxygens (including phenoxy) is 1. The molecule has 0 aromatic heterocycles. The molecule has 2 rings (SSSR count). The van der Waals surface area contributed by atoms with Gasteiger partial charge in [0.15, 0.2) is 0 Å². The van der Waals surface area contributed by atoms with Crippen molar-refractivity contribution >= 4 is 16.0 Å². The molecule has 0 saturated carbocycles. The molecule has 2 atom stereocenters. The lowest BCUT2D eigenvalue weighted by Gasteiger charge is -2.26. The molecule has 0 spiro atoms. The number of carbonyl (C=O) groups excluding carboxylic acids is 1. The van der Waals surface area contributed by atoms with Gasteiger partial charge in [-0.15, -0.1) is 0 Å². The highest BCUT2D eigenvalue weighted by Crippen LogP contribution is 2.22. The van der Waals surface area contributed by atoms with Gasteiger partial charge in [-0.3, -0.25) is 4.79 Å². The Labute approximate surface area is 125 Å². The molecule has 0 amide bonds. The highest BCUT2D eigenvalue weighted by Gasteiger charge is 2.32. The fourth-order valence-electron chi connectivity index (χ4n) is 2.33. The quantitative estimate of drug-likeness (QED) is 0.680. The Kier molecular flexibility index (Phi) is 4.80. The molecule has 21 heavy (non-hydrogen) atoms. The first-order chi connectivity index (χ1) is 9.94. The van der Waals surface area contributed by atoms with Crippen molar-refractivity contribution in [3.8, 4) is 0 Å². The molecule has 5 nitrogen and oxygen atoms in total. The van der Waals surface area contributed by atoms with E-state index in [-0.39, 0.29) is 4.90 Å². The normalized spacial score (nSPS) is 22.0. The predicted molar refractivity (Wildman–Crippen MR) is 79.2 cm³/mol. The Morgan fingerprint density at radius 1 is 1.29 bits per heavy atom. The molecule has 0 radical (unpaired) electrons. The Bertz CT molecular complexity index is 634. The lowest BCUT2D eigenvalue weighted by Crippen LogP contribution is -2.43. The molecule has 1 aromatic rings. The molecule has 1 N–H and O–H groups in total. The lowest BCUT2D eigenvalue weighted by molar-refractivity contribution is -0.146. The Balaban J connectivity index is 2.22. The van der Waals surface area contributed by atoms with Crippen LogP contribution in [0.4, 0.5) is 0 Å². The zero-order valence-corrected chi connectivity index (χ0v) is 12.9. The summed E-state index contributed by atoms with van der Waals surface area (Å²) in [6.45, 7) is 1.89. The molecular weight excluding hydrogens is 290 g/mol. The zero-order valence-electron chi connectivity index (χ0n) is 12.1. The fourth-order valence-corrected chi connectivity index (χ4v) is 3.57. The van der Waals surface area contributed by atoms with Crippen LogP contribution in [0.5, 0.6) is 0 Å². The second kappa shape index (κ2) is 6.41. The minimum atomic E-state index is -3.66. The third-order valence-corrected chi connectivity index (χ3v) is 5.02. The molecule has 0 aliphatic heterocycles. The van der Waals surface area contributed by atoms with Gasteiger partial charge in [0, 0.05) is 0 Å². The summed E-state index contributed by atoms with van der Waals surface area (Å²) in [6, 6.07) is 6.01. The van der Waals surface area contributed by atoms with E-state index in [4.69, 9.17) is 4.74 Å². The number of aryl methyl sites for hydroxylation is 1.